The molecule has 1 fully saturated rings. The molecule has 0 N–H and O–H groups in total. The van der Waals surface area contributed by atoms with Gasteiger partial charge in [0.25, 0.3) is 0 Å². The van der Waals surface area contributed by atoms with Crippen LogP contribution in [0.3, 0.4) is 0 Å². The van der Waals surface area contributed by atoms with Gasteiger partial charge >= 0.3 is 6.18 Å². The minimum Gasteiger partial charge on any atom is -0.381 e. The molecular formula is C24H32F3N3O. The van der Waals surface area contributed by atoms with Crippen LogP contribution in [0.1, 0.15) is 36.2 Å². The average Bonchev–Trinajstić information content (AvgIpc) is 2.77. The molecule has 1 aromatic carbocycles. The molecule has 0 unspecified atom stereocenters. The molecule has 170 valence electrons. The second kappa shape index (κ2) is 10.6. The van der Waals surface area contributed by atoms with Crippen LogP contribution in [-0.4, -0.2) is 60.7 Å². The molecule has 4 nitrogen and oxygen atoms in total. The summed E-state index contributed by atoms with van der Waals surface area (Å²) >= 11 is 0. The van der Waals surface area contributed by atoms with E-state index < -0.39 is 11.9 Å². The first kappa shape index (κ1) is 23.7. The van der Waals surface area contributed by atoms with Crippen molar-refractivity contribution in [1.82, 2.24) is 14.8 Å². The minimum absolute atomic E-state index is 0.0816. The Bertz CT molecular complexity index is 807. The molecule has 0 atom stereocenters. The topological polar surface area (TPSA) is 28.6 Å². The predicted molar refractivity (Wildman–Crippen MR) is 116 cm³/mol. The molecule has 0 aliphatic carbocycles. The van der Waals surface area contributed by atoms with E-state index in [2.05, 4.69) is 41.0 Å². The zero-order valence-corrected chi connectivity index (χ0v) is 18.4. The molecule has 2 aromatic rings. The molecule has 1 aliphatic rings. The van der Waals surface area contributed by atoms with Crippen LogP contribution >= 0.6 is 0 Å². The average molecular weight is 436 g/mol. The van der Waals surface area contributed by atoms with Crippen LogP contribution in [0.4, 0.5) is 13.2 Å². The van der Waals surface area contributed by atoms with Gasteiger partial charge in [-0.1, -0.05) is 36.4 Å². The van der Waals surface area contributed by atoms with E-state index in [0.717, 1.165) is 45.0 Å². The Morgan fingerprint density at radius 3 is 2.35 bits per heavy atom. The van der Waals surface area contributed by atoms with Gasteiger partial charge in [0.05, 0.1) is 0 Å². The van der Waals surface area contributed by atoms with Crippen LogP contribution in [0.2, 0.25) is 0 Å². The third-order valence-corrected chi connectivity index (χ3v) is 6.29. The highest BCUT2D eigenvalue weighted by Crippen LogP contribution is 2.32. The molecule has 0 spiro atoms. The third-order valence-electron chi connectivity index (χ3n) is 6.29. The van der Waals surface area contributed by atoms with Crippen molar-refractivity contribution < 1.29 is 17.9 Å². The highest BCUT2D eigenvalue weighted by Gasteiger charge is 2.37. The van der Waals surface area contributed by atoms with E-state index in [-0.39, 0.29) is 5.54 Å². The number of likely N-dealkylation sites (N-methyl/N-ethyl adjacent to an activating group) is 2. The molecule has 0 amide bonds. The molecule has 0 bridgehead atoms. The lowest BCUT2D eigenvalue weighted by molar-refractivity contribution is -0.141. The van der Waals surface area contributed by atoms with Crippen molar-refractivity contribution in [1.29, 1.82) is 0 Å². The number of rotatable bonds is 9. The molecule has 1 aliphatic heterocycles. The van der Waals surface area contributed by atoms with E-state index in [4.69, 9.17) is 4.74 Å². The summed E-state index contributed by atoms with van der Waals surface area (Å²) in [5.41, 5.74) is 0.878. The second-order valence-corrected chi connectivity index (χ2v) is 8.49. The Kier molecular flexibility index (Phi) is 8.08. The van der Waals surface area contributed by atoms with Crippen molar-refractivity contribution in [3.63, 3.8) is 0 Å². The standard InChI is InChI=1S/C24H32F3N3O/c1-29(19-20-7-4-3-5-8-20)15-16-30(2)23(13-17-31-18-14-23)12-11-21-9-6-10-22(28-21)24(25,26)27/h3-10H,11-19H2,1-2H3. The minimum atomic E-state index is -4.41. The van der Waals surface area contributed by atoms with Gasteiger partial charge in [-0.2, -0.15) is 13.2 Å². The number of alkyl halides is 3. The lowest BCUT2D eigenvalue weighted by Gasteiger charge is -2.45. The van der Waals surface area contributed by atoms with Crippen molar-refractivity contribution in [2.75, 3.05) is 40.4 Å². The maximum absolute atomic E-state index is 13.0. The van der Waals surface area contributed by atoms with E-state index in [9.17, 15) is 13.2 Å². The van der Waals surface area contributed by atoms with Crippen molar-refractivity contribution in [2.45, 2.75) is 43.9 Å². The largest absolute Gasteiger partial charge is 0.433 e. The van der Waals surface area contributed by atoms with E-state index in [1.807, 2.05) is 18.2 Å². The van der Waals surface area contributed by atoms with Gasteiger partial charge in [0.1, 0.15) is 5.69 Å². The lowest BCUT2D eigenvalue weighted by Crippen LogP contribution is -2.52. The Morgan fingerprint density at radius 2 is 1.68 bits per heavy atom. The first-order valence-electron chi connectivity index (χ1n) is 10.8. The van der Waals surface area contributed by atoms with Gasteiger partial charge in [0, 0.05) is 44.1 Å². The number of ether oxygens (including phenoxy) is 1. The van der Waals surface area contributed by atoms with Gasteiger partial charge in [-0.3, -0.25) is 4.90 Å². The monoisotopic (exact) mass is 435 g/mol. The van der Waals surface area contributed by atoms with Crippen LogP contribution in [-0.2, 0) is 23.9 Å². The van der Waals surface area contributed by atoms with Crippen LogP contribution < -0.4 is 0 Å². The zero-order valence-electron chi connectivity index (χ0n) is 18.4. The summed E-state index contributed by atoms with van der Waals surface area (Å²) in [5.74, 6) is 0. The lowest BCUT2D eigenvalue weighted by atomic mass is 9.83. The quantitative estimate of drug-likeness (QED) is 0.574. The predicted octanol–water partition coefficient (Wildman–Crippen LogP) is 4.65. The van der Waals surface area contributed by atoms with Gasteiger partial charge < -0.3 is 9.64 Å². The molecule has 0 radical (unpaired) electrons. The fourth-order valence-electron chi connectivity index (χ4n) is 4.24. The molecule has 31 heavy (non-hydrogen) atoms. The summed E-state index contributed by atoms with van der Waals surface area (Å²) < 4.78 is 44.6. The fraction of sp³-hybridized carbons (Fsp3) is 0.542. The zero-order chi connectivity index (χ0) is 22.3. The van der Waals surface area contributed by atoms with Crippen molar-refractivity contribution >= 4 is 0 Å². The molecule has 3 rings (SSSR count). The number of hydrogen-bond donors (Lipinski definition) is 0. The van der Waals surface area contributed by atoms with E-state index >= 15 is 0 Å². The van der Waals surface area contributed by atoms with Crippen LogP contribution in [0.15, 0.2) is 48.5 Å². The van der Waals surface area contributed by atoms with E-state index in [1.54, 1.807) is 6.07 Å². The van der Waals surface area contributed by atoms with Gasteiger partial charge in [0.2, 0.25) is 0 Å². The Balaban J connectivity index is 1.60. The third kappa shape index (κ3) is 6.76. The smallest absolute Gasteiger partial charge is 0.381 e. The van der Waals surface area contributed by atoms with Gasteiger partial charge in [-0.05, 0) is 57.5 Å². The Labute approximate surface area is 183 Å². The molecule has 1 saturated heterocycles. The van der Waals surface area contributed by atoms with Gasteiger partial charge in [0.15, 0.2) is 0 Å². The van der Waals surface area contributed by atoms with Crippen molar-refractivity contribution in [3.05, 3.63) is 65.5 Å². The Hall–Kier alpha value is -1.96. The number of aromatic nitrogens is 1. The van der Waals surface area contributed by atoms with Crippen LogP contribution in [0, 0.1) is 0 Å². The van der Waals surface area contributed by atoms with Gasteiger partial charge in [-0.15, -0.1) is 0 Å². The molecule has 0 saturated carbocycles. The summed E-state index contributed by atoms with van der Waals surface area (Å²) in [5, 5.41) is 0. The normalized spacial score (nSPS) is 16.7. The second-order valence-electron chi connectivity index (χ2n) is 8.49. The number of nitrogens with zero attached hydrogens (tertiary/aromatic N) is 3. The number of pyridine rings is 1. The van der Waals surface area contributed by atoms with Crippen LogP contribution in [0.25, 0.3) is 0 Å². The first-order chi connectivity index (χ1) is 14.8. The highest BCUT2D eigenvalue weighted by atomic mass is 19.4. The summed E-state index contributed by atoms with van der Waals surface area (Å²) in [7, 11) is 4.24. The Morgan fingerprint density at radius 1 is 0.968 bits per heavy atom. The van der Waals surface area contributed by atoms with Crippen LogP contribution in [0.5, 0.6) is 0 Å². The SMILES string of the molecule is CN(CCN(C)C1(CCc2cccc(C(F)(F)F)n2)CCOCC1)Cc1ccccc1. The number of benzene rings is 1. The summed E-state index contributed by atoms with van der Waals surface area (Å²) in [4.78, 5) is 8.54. The van der Waals surface area contributed by atoms with Crippen molar-refractivity contribution in [3.8, 4) is 0 Å². The highest BCUT2D eigenvalue weighted by molar-refractivity contribution is 5.15. The van der Waals surface area contributed by atoms with Crippen molar-refractivity contribution in [2.24, 2.45) is 0 Å². The van der Waals surface area contributed by atoms with E-state index in [1.165, 1.54) is 11.6 Å². The first-order valence-corrected chi connectivity index (χ1v) is 10.8. The summed E-state index contributed by atoms with van der Waals surface area (Å²) in [6.45, 7) is 4.05. The molecular weight excluding hydrogens is 403 g/mol. The van der Waals surface area contributed by atoms with Gasteiger partial charge in [-0.25, -0.2) is 4.98 Å². The van der Waals surface area contributed by atoms with E-state index in [0.29, 0.717) is 25.3 Å². The summed E-state index contributed by atoms with van der Waals surface area (Å²) in [6.07, 6.45) is -1.36. The maximum Gasteiger partial charge on any atom is 0.433 e. The fourth-order valence-corrected chi connectivity index (χ4v) is 4.24. The maximum atomic E-state index is 13.0. The number of halogens is 3. The number of aryl methyl sites for hydroxylation is 1. The summed E-state index contributed by atoms with van der Waals surface area (Å²) in [6, 6.07) is 14.5. The molecule has 1 aromatic heterocycles. The molecule has 2 heterocycles. The number of hydrogen-bond acceptors (Lipinski definition) is 4. The molecule has 7 heteroatoms.